The molecule has 0 radical (unpaired) electrons. The van der Waals surface area contributed by atoms with Gasteiger partial charge >= 0.3 is 29.6 Å². The second-order valence-corrected chi connectivity index (χ2v) is 8.97. The molecule has 0 aromatic heterocycles. The van der Waals surface area contributed by atoms with E-state index in [1.54, 1.807) is 0 Å². The van der Waals surface area contributed by atoms with Crippen LogP contribution in [0.3, 0.4) is 0 Å². The summed E-state index contributed by atoms with van der Waals surface area (Å²) in [6.07, 6.45) is 19.2. The summed E-state index contributed by atoms with van der Waals surface area (Å²) < 4.78 is 31.4. The summed E-state index contributed by atoms with van der Waals surface area (Å²) >= 11 is 0. The Hall–Kier alpha value is 0.870. The minimum absolute atomic E-state index is 0. The van der Waals surface area contributed by atoms with Crippen molar-refractivity contribution in [1.29, 1.82) is 0 Å². The second kappa shape index (κ2) is 20.6. The van der Waals surface area contributed by atoms with E-state index >= 15 is 0 Å². The number of aliphatic hydroxyl groups excluding tert-OH is 1. The molecule has 6 heteroatoms. The zero-order valence-electron chi connectivity index (χ0n) is 17.4. The molecule has 0 aliphatic heterocycles. The Kier molecular flexibility index (Phi) is 23.0. The Morgan fingerprint density at radius 1 is 0.692 bits per heavy atom. The molecule has 0 saturated heterocycles. The van der Waals surface area contributed by atoms with Crippen LogP contribution in [0.1, 0.15) is 116 Å². The van der Waals surface area contributed by atoms with Crippen molar-refractivity contribution in [1.82, 2.24) is 0 Å². The van der Waals surface area contributed by atoms with Gasteiger partial charge < -0.3 is 9.66 Å². The van der Waals surface area contributed by atoms with Crippen LogP contribution in [0.4, 0.5) is 0 Å². The van der Waals surface area contributed by atoms with Crippen molar-refractivity contribution in [3.8, 4) is 0 Å². The smallest absolute Gasteiger partial charge is 0.748 e. The predicted octanol–water partition coefficient (Wildman–Crippen LogP) is 2.55. The van der Waals surface area contributed by atoms with Crippen molar-refractivity contribution >= 4 is 10.1 Å². The quantitative estimate of drug-likeness (QED) is 0.205. The maximum atomic E-state index is 10.5. The Bertz CT molecular complexity index is 374. The summed E-state index contributed by atoms with van der Waals surface area (Å²) in [5.41, 5.74) is 0. The summed E-state index contributed by atoms with van der Waals surface area (Å²) in [6.45, 7) is 2.26. The van der Waals surface area contributed by atoms with E-state index in [2.05, 4.69) is 6.92 Å². The van der Waals surface area contributed by atoms with Crippen LogP contribution in [-0.2, 0) is 10.1 Å². The van der Waals surface area contributed by atoms with Gasteiger partial charge in [0.2, 0.25) is 0 Å². The van der Waals surface area contributed by atoms with Crippen molar-refractivity contribution in [3.05, 3.63) is 0 Å². The van der Waals surface area contributed by atoms with E-state index in [9.17, 15) is 18.1 Å². The molecular formula is C20H41NaO4S. The van der Waals surface area contributed by atoms with Gasteiger partial charge in [0.05, 0.1) is 16.2 Å². The molecule has 0 rings (SSSR count). The van der Waals surface area contributed by atoms with Gasteiger partial charge in [0.1, 0.15) is 0 Å². The van der Waals surface area contributed by atoms with Gasteiger partial charge in [-0.1, -0.05) is 90.4 Å². The van der Waals surface area contributed by atoms with Gasteiger partial charge in [-0.15, -0.1) is 0 Å². The second-order valence-electron chi connectivity index (χ2n) is 7.44. The first-order valence-electron chi connectivity index (χ1n) is 10.6. The molecule has 0 fully saturated rings. The first-order valence-corrected chi connectivity index (χ1v) is 12.1. The Labute approximate surface area is 185 Å². The van der Waals surface area contributed by atoms with E-state index in [1.165, 1.54) is 77.0 Å². The van der Waals surface area contributed by atoms with Gasteiger partial charge in [-0.3, -0.25) is 0 Å². The molecule has 0 aromatic carbocycles. The van der Waals surface area contributed by atoms with Gasteiger partial charge in [-0.25, -0.2) is 8.42 Å². The fourth-order valence-corrected chi connectivity index (χ4v) is 3.76. The molecule has 0 bridgehead atoms. The maximum Gasteiger partial charge on any atom is 1.00 e. The molecule has 0 aliphatic carbocycles. The summed E-state index contributed by atoms with van der Waals surface area (Å²) in [4.78, 5) is 0. The Balaban J connectivity index is 0. The minimum atomic E-state index is -4.10. The molecule has 0 saturated carbocycles. The van der Waals surface area contributed by atoms with Crippen molar-refractivity contribution in [3.63, 3.8) is 0 Å². The van der Waals surface area contributed by atoms with Gasteiger partial charge in [-0.2, -0.15) is 0 Å². The molecule has 0 spiro atoms. The molecule has 0 amide bonds. The normalized spacial score (nSPS) is 12.7. The van der Waals surface area contributed by atoms with Crippen LogP contribution < -0.4 is 29.6 Å². The SMILES string of the molecule is CCCCCCCCCCCCCCCC(O)CCCCS(=O)(=O)[O-].[Na+]. The monoisotopic (exact) mass is 400 g/mol. The summed E-state index contributed by atoms with van der Waals surface area (Å²) in [7, 11) is -4.10. The fourth-order valence-electron chi connectivity index (χ4n) is 3.20. The molecule has 0 aliphatic rings. The topological polar surface area (TPSA) is 77.4 Å². The zero-order chi connectivity index (χ0) is 18.8. The minimum Gasteiger partial charge on any atom is -0.748 e. The average molecular weight is 401 g/mol. The average Bonchev–Trinajstić information content (AvgIpc) is 2.55. The van der Waals surface area contributed by atoms with Gasteiger partial charge in [0, 0.05) is 5.75 Å². The molecule has 0 heterocycles. The number of rotatable bonds is 19. The van der Waals surface area contributed by atoms with Crippen LogP contribution >= 0.6 is 0 Å². The van der Waals surface area contributed by atoms with Gasteiger partial charge in [0.25, 0.3) is 0 Å². The standard InChI is InChI=1S/C20H42O4S.Na/c1-2-3-4-5-6-7-8-9-10-11-12-13-14-17-20(21)18-15-16-19-25(22,23)24;/h20-21H,2-19H2,1H3,(H,22,23,24);/q;+1/p-1. The number of aliphatic hydroxyl groups is 1. The summed E-state index contributed by atoms with van der Waals surface area (Å²) in [5, 5.41) is 9.83. The number of unbranched alkanes of at least 4 members (excludes halogenated alkanes) is 13. The van der Waals surface area contributed by atoms with Crippen LogP contribution in [0.25, 0.3) is 0 Å². The van der Waals surface area contributed by atoms with Crippen molar-refractivity contribution < 1.29 is 47.6 Å². The van der Waals surface area contributed by atoms with Crippen molar-refractivity contribution in [2.45, 2.75) is 122 Å². The third-order valence-electron chi connectivity index (χ3n) is 4.82. The van der Waals surface area contributed by atoms with E-state index in [0.29, 0.717) is 19.3 Å². The van der Waals surface area contributed by atoms with Crippen LogP contribution in [0.15, 0.2) is 0 Å². The van der Waals surface area contributed by atoms with E-state index in [4.69, 9.17) is 0 Å². The Morgan fingerprint density at radius 2 is 1.04 bits per heavy atom. The first kappa shape index (κ1) is 29.1. The first-order chi connectivity index (χ1) is 12.0. The molecule has 1 N–H and O–H groups in total. The summed E-state index contributed by atoms with van der Waals surface area (Å²) in [6, 6.07) is 0. The van der Waals surface area contributed by atoms with Gasteiger partial charge in [0.15, 0.2) is 0 Å². The molecule has 4 nitrogen and oxygen atoms in total. The van der Waals surface area contributed by atoms with Crippen LogP contribution in [-0.4, -0.2) is 29.9 Å². The largest absolute Gasteiger partial charge is 1.00 e. The van der Waals surface area contributed by atoms with Crippen LogP contribution in [0.2, 0.25) is 0 Å². The van der Waals surface area contributed by atoms with Gasteiger partial charge in [-0.05, 0) is 25.7 Å². The fraction of sp³-hybridized carbons (Fsp3) is 1.00. The summed E-state index contributed by atoms with van der Waals surface area (Å²) in [5.74, 6) is -0.307. The number of hydrogen-bond acceptors (Lipinski definition) is 4. The Morgan fingerprint density at radius 3 is 1.42 bits per heavy atom. The van der Waals surface area contributed by atoms with Crippen LogP contribution in [0, 0.1) is 0 Å². The molecular weight excluding hydrogens is 359 g/mol. The predicted molar refractivity (Wildman–Crippen MR) is 105 cm³/mol. The third kappa shape index (κ3) is 24.9. The van der Waals surface area contributed by atoms with E-state index in [1.807, 2.05) is 0 Å². The molecule has 26 heavy (non-hydrogen) atoms. The van der Waals surface area contributed by atoms with E-state index in [-0.39, 0.29) is 41.4 Å². The molecule has 1 atom stereocenters. The zero-order valence-corrected chi connectivity index (χ0v) is 20.2. The van der Waals surface area contributed by atoms with Crippen molar-refractivity contribution in [2.24, 2.45) is 0 Å². The van der Waals surface area contributed by atoms with Crippen LogP contribution in [0.5, 0.6) is 0 Å². The molecule has 0 aromatic rings. The molecule has 1 unspecified atom stereocenters. The van der Waals surface area contributed by atoms with E-state index < -0.39 is 10.1 Å². The molecule has 152 valence electrons. The van der Waals surface area contributed by atoms with Crippen molar-refractivity contribution in [2.75, 3.05) is 5.75 Å². The third-order valence-corrected chi connectivity index (χ3v) is 5.61. The number of hydrogen-bond donors (Lipinski definition) is 1. The van der Waals surface area contributed by atoms with E-state index in [0.717, 1.165) is 12.8 Å². The maximum absolute atomic E-state index is 10.5.